The first-order valence-corrected chi connectivity index (χ1v) is 3.38. The minimum atomic E-state index is -1.13. The SMILES string of the molecule is C[C@@H](NC(=O)c1nn[nH]n1)C(=O)O. The van der Waals surface area contributed by atoms with Gasteiger partial charge in [0.1, 0.15) is 6.04 Å². The van der Waals surface area contributed by atoms with E-state index in [0.29, 0.717) is 0 Å². The first kappa shape index (κ1) is 9.10. The van der Waals surface area contributed by atoms with Crippen molar-refractivity contribution in [2.45, 2.75) is 13.0 Å². The molecule has 70 valence electrons. The molecule has 1 aromatic rings. The fraction of sp³-hybridized carbons (Fsp3) is 0.400. The van der Waals surface area contributed by atoms with Crippen molar-refractivity contribution in [3.05, 3.63) is 5.82 Å². The maximum Gasteiger partial charge on any atom is 0.325 e. The summed E-state index contributed by atoms with van der Waals surface area (Å²) in [5, 5.41) is 22.6. The molecule has 1 aromatic heterocycles. The number of amides is 1. The summed E-state index contributed by atoms with van der Waals surface area (Å²) in [5.41, 5.74) is 0. The van der Waals surface area contributed by atoms with Crippen LogP contribution in [0.25, 0.3) is 0 Å². The van der Waals surface area contributed by atoms with E-state index in [1.807, 2.05) is 0 Å². The van der Waals surface area contributed by atoms with E-state index in [4.69, 9.17) is 5.11 Å². The lowest BCUT2D eigenvalue weighted by Crippen LogP contribution is -2.38. The molecule has 0 bridgehead atoms. The number of aliphatic carboxylic acids is 1. The van der Waals surface area contributed by atoms with Crippen molar-refractivity contribution >= 4 is 11.9 Å². The maximum atomic E-state index is 11.1. The predicted octanol–water partition coefficient (Wildman–Crippen LogP) is -1.60. The van der Waals surface area contributed by atoms with E-state index in [1.165, 1.54) is 6.92 Å². The standard InChI is InChI=1S/C5H7N5O3/c1-2(5(12)13)6-4(11)3-7-9-10-8-3/h2H,1H3,(H,6,11)(H,12,13)(H,7,8,9,10)/t2-/m1/s1. The van der Waals surface area contributed by atoms with E-state index in [9.17, 15) is 9.59 Å². The summed E-state index contributed by atoms with van der Waals surface area (Å²) in [7, 11) is 0. The van der Waals surface area contributed by atoms with Crippen molar-refractivity contribution in [2.24, 2.45) is 0 Å². The molecule has 8 heteroatoms. The van der Waals surface area contributed by atoms with Crippen molar-refractivity contribution in [2.75, 3.05) is 0 Å². The molecule has 1 heterocycles. The summed E-state index contributed by atoms with van der Waals surface area (Å²) < 4.78 is 0. The fourth-order valence-corrected chi connectivity index (χ4v) is 0.581. The molecule has 0 spiro atoms. The lowest BCUT2D eigenvalue weighted by Gasteiger charge is -2.05. The highest BCUT2D eigenvalue weighted by Gasteiger charge is 2.17. The monoisotopic (exact) mass is 185 g/mol. The Morgan fingerprint density at radius 3 is 2.77 bits per heavy atom. The van der Waals surface area contributed by atoms with E-state index in [2.05, 4.69) is 25.9 Å². The summed E-state index contributed by atoms with van der Waals surface area (Å²) in [6.45, 7) is 1.33. The normalized spacial score (nSPS) is 12.1. The minimum absolute atomic E-state index is 0.187. The first-order valence-electron chi connectivity index (χ1n) is 3.38. The molecule has 0 unspecified atom stereocenters. The van der Waals surface area contributed by atoms with Gasteiger partial charge in [-0.05, 0) is 12.1 Å². The maximum absolute atomic E-state index is 11.1. The zero-order valence-electron chi connectivity index (χ0n) is 6.68. The molecule has 1 rings (SSSR count). The van der Waals surface area contributed by atoms with Crippen LogP contribution in [0.1, 0.15) is 17.5 Å². The zero-order chi connectivity index (χ0) is 9.84. The third-order valence-electron chi connectivity index (χ3n) is 1.27. The third-order valence-corrected chi connectivity index (χ3v) is 1.27. The van der Waals surface area contributed by atoms with Crippen LogP contribution in [0.5, 0.6) is 0 Å². The molecule has 0 saturated carbocycles. The van der Waals surface area contributed by atoms with Crippen LogP contribution in [0, 0.1) is 0 Å². The van der Waals surface area contributed by atoms with E-state index < -0.39 is 17.9 Å². The molecule has 3 N–H and O–H groups in total. The lowest BCUT2D eigenvalue weighted by atomic mass is 10.3. The number of hydrogen-bond donors (Lipinski definition) is 3. The second-order valence-corrected chi connectivity index (χ2v) is 2.27. The molecule has 0 fully saturated rings. The number of carboxylic acid groups (broad SMARTS) is 1. The van der Waals surface area contributed by atoms with Crippen molar-refractivity contribution < 1.29 is 14.7 Å². The number of carbonyl (C=O) groups excluding carboxylic acids is 1. The molecule has 8 nitrogen and oxygen atoms in total. The third kappa shape index (κ3) is 2.22. The van der Waals surface area contributed by atoms with Gasteiger partial charge in [-0.25, -0.2) is 0 Å². The molecule has 1 atom stereocenters. The summed E-state index contributed by atoms with van der Waals surface area (Å²) in [6.07, 6.45) is 0. The average Bonchev–Trinajstić information content (AvgIpc) is 2.55. The van der Waals surface area contributed by atoms with Crippen molar-refractivity contribution in [1.29, 1.82) is 0 Å². The van der Waals surface area contributed by atoms with Gasteiger partial charge < -0.3 is 10.4 Å². The van der Waals surface area contributed by atoms with E-state index in [0.717, 1.165) is 0 Å². The Bertz CT molecular complexity index is 308. The number of rotatable bonds is 3. The number of carbonyl (C=O) groups is 2. The van der Waals surface area contributed by atoms with E-state index >= 15 is 0 Å². The molecular weight excluding hydrogens is 178 g/mol. The van der Waals surface area contributed by atoms with Gasteiger partial charge in [-0.3, -0.25) is 9.59 Å². The van der Waals surface area contributed by atoms with E-state index in [1.54, 1.807) is 0 Å². The van der Waals surface area contributed by atoms with Gasteiger partial charge in [0.2, 0.25) is 0 Å². The summed E-state index contributed by atoms with van der Waals surface area (Å²) in [5.74, 6) is -1.99. The Morgan fingerprint density at radius 2 is 2.31 bits per heavy atom. The van der Waals surface area contributed by atoms with Gasteiger partial charge in [-0.2, -0.15) is 5.21 Å². The summed E-state index contributed by atoms with van der Waals surface area (Å²) >= 11 is 0. The Kier molecular flexibility index (Phi) is 2.52. The number of H-pyrrole nitrogens is 1. The van der Waals surface area contributed by atoms with Gasteiger partial charge >= 0.3 is 5.97 Å². The van der Waals surface area contributed by atoms with Crippen LogP contribution < -0.4 is 5.32 Å². The van der Waals surface area contributed by atoms with Crippen molar-refractivity contribution in [3.8, 4) is 0 Å². The molecule has 0 radical (unpaired) electrons. The van der Waals surface area contributed by atoms with Gasteiger partial charge in [0.15, 0.2) is 0 Å². The molecule has 0 saturated heterocycles. The van der Waals surface area contributed by atoms with Gasteiger partial charge in [-0.1, -0.05) is 0 Å². The number of carboxylic acids is 1. The molecule has 0 aromatic carbocycles. The molecule has 0 aliphatic rings. The molecule has 13 heavy (non-hydrogen) atoms. The number of nitrogens with zero attached hydrogens (tertiary/aromatic N) is 3. The summed E-state index contributed by atoms with van der Waals surface area (Å²) in [4.78, 5) is 21.4. The molecule has 0 aliphatic carbocycles. The number of nitrogens with one attached hydrogen (secondary N) is 2. The minimum Gasteiger partial charge on any atom is -0.480 e. The van der Waals surface area contributed by atoms with Gasteiger partial charge in [0.25, 0.3) is 11.7 Å². The van der Waals surface area contributed by atoms with Crippen LogP contribution in [0.15, 0.2) is 0 Å². The lowest BCUT2D eigenvalue weighted by molar-refractivity contribution is -0.138. The van der Waals surface area contributed by atoms with Crippen LogP contribution >= 0.6 is 0 Å². The number of aromatic nitrogens is 4. The van der Waals surface area contributed by atoms with Gasteiger partial charge in [0.05, 0.1) is 0 Å². The van der Waals surface area contributed by atoms with Crippen molar-refractivity contribution in [1.82, 2.24) is 25.9 Å². The fourth-order valence-electron chi connectivity index (χ4n) is 0.581. The van der Waals surface area contributed by atoms with E-state index in [-0.39, 0.29) is 5.82 Å². The largest absolute Gasteiger partial charge is 0.480 e. The predicted molar refractivity (Wildman–Crippen MR) is 38.7 cm³/mol. The van der Waals surface area contributed by atoms with Crippen LogP contribution in [0.2, 0.25) is 0 Å². The van der Waals surface area contributed by atoms with Crippen LogP contribution in [-0.2, 0) is 4.79 Å². The summed E-state index contributed by atoms with van der Waals surface area (Å²) in [6, 6.07) is -0.981. The zero-order valence-corrected chi connectivity index (χ0v) is 6.68. The highest BCUT2D eigenvalue weighted by atomic mass is 16.4. The Balaban J connectivity index is 2.56. The Morgan fingerprint density at radius 1 is 1.62 bits per heavy atom. The highest BCUT2D eigenvalue weighted by molar-refractivity contribution is 5.92. The topological polar surface area (TPSA) is 121 Å². The van der Waals surface area contributed by atoms with Crippen molar-refractivity contribution in [3.63, 3.8) is 0 Å². The Labute approximate surface area is 72.3 Å². The highest BCUT2D eigenvalue weighted by Crippen LogP contribution is 1.87. The molecule has 0 aliphatic heterocycles. The average molecular weight is 185 g/mol. The quantitative estimate of drug-likeness (QED) is 0.521. The van der Waals surface area contributed by atoms with Crippen LogP contribution in [0.4, 0.5) is 0 Å². The second kappa shape index (κ2) is 3.61. The van der Waals surface area contributed by atoms with Crippen LogP contribution in [-0.4, -0.2) is 43.6 Å². The van der Waals surface area contributed by atoms with Gasteiger partial charge in [0, 0.05) is 0 Å². The van der Waals surface area contributed by atoms with Gasteiger partial charge in [-0.15, -0.1) is 10.2 Å². The van der Waals surface area contributed by atoms with Crippen LogP contribution in [0.3, 0.4) is 0 Å². The number of hydrogen-bond acceptors (Lipinski definition) is 5. The Hall–Kier alpha value is -1.99. The molecular formula is C5H7N5O3. The number of aromatic amines is 1. The number of tetrazole rings is 1. The smallest absolute Gasteiger partial charge is 0.325 e. The first-order chi connectivity index (χ1) is 6.11. The molecule has 1 amide bonds. The second-order valence-electron chi connectivity index (χ2n) is 2.27.